The number of nitrogens with one attached hydrogen (secondary N) is 1. The summed E-state index contributed by atoms with van der Waals surface area (Å²) in [6.45, 7) is 10.4. The van der Waals surface area contributed by atoms with Gasteiger partial charge in [0.25, 0.3) is 0 Å². The molecule has 1 amide bonds. The Balaban J connectivity index is 2.23. The Hall–Kier alpha value is -1.26. The summed E-state index contributed by atoms with van der Waals surface area (Å²) in [5, 5.41) is 3.44. The number of benzene rings is 1. The fraction of sp³-hybridized carbons (Fsp3) is 0.588. The average Bonchev–Trinajstić information content (AvgIpc) is 2.92. The minimum absolute atomic E-state index is 0.115. The van der Waals surface area contributed by atoms with Crippen LogP contribution in [0.5, 0.6) is 0 Å². The molecule has 1 aromatic rings. The van der Waals surface area contributed by atoms with Crippen molar-refractivity contribution in [1.82, 2.24) is 0 Å². The SMILES string of the molecule is CC(C)(C)OC(=O)Nc1ccc(Cl)c(C2(CN)CC2(C)C)c1. The molecule has 1 saturated carbocycles. The number of carbonyl (C=O) groups is 1. The number of hydrogen-bond donors (Lipinski definition) is 2. The lowest BCUT2D eigenvalue weighted by Crippen LogP contribution is -2.28. The van der Waals surface area contributed by atoms with Crippen LogP contribution in [0.15, 0.2) is 18.2 Å². The summed E-state index contributed by atoms with van der Waals surface area (Å²) in [4.78, 5) is 11.9. The molecule has 1 fully saturated rings. The number of hydrogen-bond acceptors (Lipinski definition) is 3. The summed E-state index contributed by atoms with van der Waals surface area (Å²) in [6.07, 6.45) is 0.518. The summed E-state index contributed by atoms with van der Waals surface area (Å²) in [5.74, 6) is 0. The highest BCUT2D eigenvalue weighted by Gasteiger charge is 2.61. The summed E-state index contributed by atoms with van der Waals surface area (Å²) in [5.41, 5.74) is 7.15. The van der Waals surface area contributed by atoms with Crippen LogP contribution in [0.4, 0.5) is 10.5 Å². The van der Waals surface area contributed by atoms with E-state index in [0.29, 0.717) is 17.3 Å². The number of anilines is 1. The van der Waals surface area contributed by atoms with Gasteiger partial charge in [-0.1, -0.05) is 25.4 Å². The van der Waals surface area contributed by atoms with E-state index in [1.165, 1.54) is 0 Å². The van der Waals surface area contributed by atoms with Gasteiger partial charge in [-0.3, -0.25) is 5.32 Å². The second-order valence-electron chi connectivity index (χ2n) is 7.67. The standard InChI is InChI=1S/C17H25ClN2O2/c1-15(2,3)22-14(21)20-11-6-7-13(18)12(8-11)17(10-19)9-16(17,4)5/h6-8H,9-10,19H2,1-5H3,(H,20,21). The van der Waals surface area contributed by atoms with Crippen LogP contribution in [0, 0.1) is 5.41 Å². The van der Waals surface area contributed by atoms with E-state index in [4.69, 9.17) is 22.1 Å². The Morgan fingerprint density at radius 1 is 1.41 bits per heavy atom. The van der Waals surface area contributed by atoms with Gasteiger partial charge in [0.05, 0.1) is 0 Å². The van der Waals surface area contributed by atoms with Crippen molar-refractivity contribution in [3.05, 3.63) is 28.8 Å². The molecule has 22 heavy (non-hydrogen) atoms. The number of carbonyl (C=O) groups excluding carboxylic acids is 1. The molecule has 122 valence electrons. The van der Waals surface area contributed by atoms with Crippen LogP contribution in [0.1, 0.15) is 46.6 Å². The third-order valence-electron chi connectivity index (χ3n) is 4.39. The second-order valence-corrected chi connectivity index (χ2v) is 8.08. The maximum atomic E-state index is 11.9. The van der Waals surface area contributed by atoms with Crippen LogP contribution in [0.2, 0.25) is 5.02 Å². The zero-order valence-electron chi connectivity index (χ0n) is 13.9. The zero-order chi connectivity index (χ0) is 16.8. The van der Waals surface area contributed by atoms with Crippen molar-refractivity contribution in [3.8, 4) is 0 Å². The van der Waals surface area contributed by atoms with Crippen molar-refractivity contribution in [2.75, 3.05) is 11.9 Å². The Bertz CT molecular complexity index is 593. The van der Waals surface area contributed by atoms with Gasteiger partial charge in [0.2, 0.25) is 0 Å². The van der Waals surface area contributed by atoms with Gasteiger partial charge in [0, 0.05) is 22.7 Å². The van der Waals surface area contributed by atoms with Crippen molar-refractivity contribution >= 4 is 23.4 Å². The van der Waals surface area contributed by atoms with Crippen molar-refractivity contribution < 1.29 is 9.53 Å². The molecule has 0 spiro atoms. The van der Waals surface area contributed by atoms with E-state index in [1.54, 1.807) is 12.1 Å². The van der Waals surface area contributed by atoms with Crippen LogP contribution < -0.4 is 11.1 Å². The molecular formula is C17H25ClN2O2. The highest BCUT2D eigenvalue weighted by molar-refractivity contribution is 6.31. The van der Waals surface area contributed by atoms with Crippen LogP contribution in [-0.4, -0.2) is 18.2 Å². The van der Waals surface area contributed by atoms with E-state index in [2.05, 4.69) is 19.2 Å². The van der Waals surface area contributed by atoms with E-state index in [-0.39, 0.29) is 10.8 Å². The number of ether oxygens (including phenoxy) is 1. The Morgan fingerprint density at radius 2 is 2.00 bits per heavy atom. The van der Waals surface area contributed by atoms with Gasteiger partial charge in [0.1, 0.15) is 5.60 Å². The van der Waals surface area contributed by atoms with Gasteiger partial charge in [0.15, 0.2) is 0 Å². The van der Waals surface area contributed by atoms with E-state index in [0.717, 1.165) is 12.0 Å². The summed E-state index contributed by atoms with van der Waals surface area (Å²) < 4.78 is 5.27. The Kier molecular flexibility index (Phi) is 4.22. The molecule has 0 bridgehead atoms. The zero-order valence-corrected chi connectivity index (χ0v) is 14.7. The minimum Gasteiger partial charge on any atom is -0.444 e. The van der Waals surface area contributed by atoms with Crippen molar-refractivity contribution in [2.24, 2.45) is 11.1 Å². The molecule has 1 unspecified atom stereocenters. The third-order valence-corrected chi connectivity index (χ3v) is 4.72. The fourth-order valence-corrected chi connectivity index (χ4v) is 3.32. The van der Waals surface area contributed by atoms with E-state index in [9.17, 15) is 4.79 Å². The molecular weight excluding hydrogens is 300 g/mol. The average molecular weight is 325 g/mol. The highest BCUT2D eigenvalue weighted by atomic mass is 35.5. The second kappa shape index (κ2) is 5.43. The molecule has 3 N–H and O–H groups in total. The first kappa shape index (κ1) is 17.1. The molecule has 1 aromatic carbocycles. The molecule has 0 heterocycles. The lowest BCUT2D eigenvalue weighted by Gasteiger charge is -2.22. The maximum absolute atomic E-state index is 11.9. The largest absolute Gasteiger partial charge is 0.444 e. The predicted molar refractivity (Wildman–Crippen MR) is 90.4 cm³/mol. The minimum atomic E-state index is -0.531. The topological polar surface area (TPSA) is 64.3 Å². The number of rotatable bonds is 3. The van der Waals surface area contributed by atoms with Gasteiger partial charge < -0.3 is 10.5 Å². The molecule has 5 heteroatoms. The molecule has 0 aromatic heterocycles. The summed E-state index contributed by atoms with van der Waals surface area (Å²) >= 11 is 6.37. The van der Waals surface area contributed by atoms with Gasteiger partial charge in [-0.25, -0.2) is 4.79 Å². The van der Waals surface area contributed by atoms with Crippen LogP contribution in [-0.2, 0) is 10.2 Å². The van der Waals surface area contributed by atoms with Crippen molar-refractivity contribution in [3.63, 3.8) is 0 Å². The van der Waals surface area contributed by atoms with Crippen LogP contribution in [0.25, 0.3) is 0 Å². The van der Waals surface area contributed by atoms with Crippen molar-refractivity contribution in [1.29, 1.82) is 0 Å². The number of halogens is 1. The molecule has 1 aliphatic rings. The third kappa shape index (κ3) is 3.23. The van der Waals surface area contributed by atoms with Crippen LogP contribution in [0.3, 0.4) is 0 Å². The molecule has 2 rings (SSSR count). The highest BCUT2D eigenvalue weighted by Crippen LogP contribution is 2.64. The lowest BCUT2D eigenvalue weighted by molar-refractivity contribution is 0.0636. The normalized spacial score (nSPS) is 23.0. The monoisotopic (exact) mass is 324 g/mol. The number of nitrogens with two attached hydrogens (primary N) is 1. The molecule has 0 saturated heterocycles. The molecule has 0 aliphatic heterocycles. The summed E-state index contributed by atoms with van der Waals surface area (Å²) in [7, 11) is 0. The van der Waals surface area contributed by atoms with Gasteiger partial charge >= 0.3 is 6.09 Å². The maximum Gasteiger partial charge on any atom is 0.412 e. The van der Waals surface area contributed by atoms with Crippen molar-refractivity contribution in [2.45, 2.75) is 52.1 Å². The first-order valence-corrected chi connectivity index (χ1v) is 7.89. The number of amides is 1. The molecule has 1 atom stereocenters. The van der Waals surface area contributed by atoms with E-state index < -0.39 is 11.7 Å². The lowest BCUT2D eigenvalue weighted by atomic mass is 9.87. The van der Waals surface area contributed by atoms with E-state index in [1.807, 2.05) is 26.8 Å². The molecule has 4 nitrogen and oxygen atoms in total. The van der Waals surface area contributed by atoms with Gasteiger partial charge in [-0.2, -0.15) is 0 Å². The molecule has 1 aliphatic carbocycles. The first-order valence-electron chi connectivity index (χ1n) is 7.51. The Labute approximate surface area is 137 Å². The Morgan fingerprint density at radius 3 is 2.45 bits per heavy atom. The quantitative estimate of drug-likeness (QED) is 0.870. The van der Waals surface area contributed by atoms with Crippen LogP contribution >= 0.6 is 11.6 Å². The fourth-order valence-electron chi connectivity index (χ4n) is 3.02. The summed E-state index contributed by atoms with van der Waals surface area (Å²) in [6, 6.07) is 5.48. The first-order chi connectivity index (χ1) is 10.0. The smallest absolute Gasteiger partial charge is 0.412 e. The van der Waals surface area contributed by atoms with Gasteiger partial charge in [-0.05, 0) is 56.4 Å². The predicted octanol–water partition coefficient (Wildman–Crippen LogP) is 4.31. The molecule has 0 radical (unpaired) electrons. The van der Waals surface area contributed by atoms with Gasteiger partial charge in [-0.15, -0.1) is 0 Å². The van der Waals surface area contributed by atoms with E-state index >= 15 is 0 Å².